The average molecular weight is 218 g/mol. The monoisotopic (exact) mass is 218 g/mol. The summed E-state index contributed by atoms with van der Waals surface area (Å²) in [5.41, 5.74) is 7.30. The highest BCUT2D eigenvalue weighted by Gasteiger charge is 2.12. The first kappa shape index (κ1) is 10.5. The maximum atomic E-state index is 5.55. The second-order valence-electron chi connectivity index (χ2n) is 3.41. The maximum Gasteiger partial charge on any atom is 0.292 e. The zero-order valence-corrected chi connectivity index (χ0v) is 9.36. The minimum atomic E-state index is 0.203. The molecular formula is C12H14N2O2. The van der Waals surface area contributed by atoms with Crippen LogP contribution in [0.15, 0.2) is 28.7 Å². The molecule has 84 valence electrons. The van der Waals surface area contributed by atoms with Crippen molar-refractivity contribution in [3.8, 4) is 17.0 Å². The van der Waals surface area contributed by atoms with E-state index in [1.54, 1.807) is 7.11 Å². The Morgan fingerprint density at radius 3 is 2.94 bits per heavy atom. The van der Waals surface area contributed by atoms with Crippen LogP contribution >= 0.6 is 0 Å². The van der Waals surface area contributed by atoms with Gasteiger partial charge in [0.15, 0.2) is 0 Å². The number of aromatic nitrogens is 1. The van der Waals surface area contributed by atoms with Gasteiger partial charge in [0.1, 0.15) is 17.2 Å². The van der Waals surface area contributed by atoms with E-state index in [1.165, 1.54) is 0 Å². The molecule has 0 radical (unpaired) electrons. The number of aryl methyl sites for hydroxylation is 1. The Hall–Kier alpha value is -1.97. The van der Waals surface area contributed by atoms with E-state index in [9.17, 15) is 0 Å². The standard InChI is InChI=1S/C12H14N2O2/c1-3-10-11(14-12(13)16-10)8-5-4-6-9(7-8)15-2/h4-7H,3H2,1-2H3,(H2,13,14). The third kappa shape index (κ3) is 1.86. The Bertz CT molecular complexity index is 492. The fraction of sp³-hybridized carbons (Fsp3) is 0.250. The van der Waals surface area contributed by atoms with Crippen LogP contribution in [0.5, 0.6) is 5.75 Å². The molecule has 0 atom stereocenters. The molecule has 0 unspecified atom stereocenters. The molecule has 0 bridgehead atoms. The lowest BCUT2D eigenvalue weighted by molar-refractivity contribution is 0.415. The van der Waals surface area contributed by atoms with E-state index in [0.29, 0.717) is 0 Å². The van der Waals surface area contributed by atoms with Crippen LogP contribution in [-0.2, 0) is 6.42 Å². The molecule has 0 aliphatic carbocycles. The summed E-state index contributed by atoms with van der Waals surface area (Å²) < 4.78 is 10.5. The molecule has 0 amide bonds. The van der Waals surface area contributed by atoms with Crippen molar-refractivity contribution in [1.82, 2.24) is 4.98 Å². The molecule has 2 N–H and O–H groups in total. The fourth-order valence-electron chi connectivity index (χ4n) is 1.61. The predicted octanol–water partition coefficient (Wildman–Crippen LogP) is 2.49. The number of rotatable bonds is 3. The molecule has 0 saturated carbocycles. The molecule has 1 aromatic heterocycles. The van der Waals surface area contributed by atoms with Crippen LogP contribution in [0.25, 0.3) is 11.3 Å². The Labute approximate surface area is 94.1 Å². The van der Waals surface area contributed by atoms with E-state index in [-0.39, 0.29) is 6.01 Å². The van der Waals surface area contributed by atoms with Crippen LogP contribution < -0.4 is 10.5 Å². The van der Waals surface area contributed by atoms with Crippen LogP contribution in [0.4, 0.5) is 6.01 Å². The second kappa shape index (κ2) is 4.26. The summed E-state index contributed by atoms with van der Waals surface area (Å²) in [7, 11) is 1.64. The minimum absolute atomic E-state index is 0.203. The number of benzene rings is 1. The van der Waals surface area contributed by atoms with Gasteiger partial charge in [-0.05, 0) is 12.1 Å². The number of nitrogens with zero attached hydrogens (tertiary/aromatic N) is 1. The molecule has 2 aromatic rings. The van der Waals surface area contributed by atoms with Gasteiger partial charge in [-0.15, -0.1) is 0 Å². The van der Waals surface area contributed by atoms with Crippen molar-refractivity contribution >= 4 is 6.01 Å². The number of ether oxygens (including phenoxy) is 1. The summed E-state index contributed by atoms with van der Waals surface area (Å²) in [4.78, 5) is 4.18. The zero-order chi connectivity index (χ0) is 11.5. The molecule has 0 aliphatic rings. The third-order valence-corrected chi connectivity index (χ3v) is 2.38. The van der Waals surface area contributed by atoms with Gasteiger partial charge in [0.25, 0.3) is 6.01 Å². The summed E-state index contributed by atoms with van der Waals surface area (Å²) in [5, 5.41) is 0. The van der Waals surface area contributed by atoms with Crippen LogP contribution in [0.2, 0.25) is 0 Å². The molecule has 0 fully saturated rings. The summed E-state index contributed by atoms with van der Waals surface area (Å²) in [6, 6.07) is 7.88. The van der Waals surface area contributed by atoms with E-state index < -0.39 is 0 Å². The largest absolute Gasteiger partial charge is 0.497 e. The van der Waals surface area contributed by atoms with Crippen molar-refractivity contribution in [3.05, 3.63) is 30.0 Å². The Kier molecular flexibility index (Phi) is 2.81. The van der Waals surface area contributed by atoms with E-state index in [0.717, 1.165) is 29.2 Å². The van der Waals surface area contributed by atoms with Crippen molar-refractivity contribution in [2.24, 2.45) is 0 Å². The minimum Gasteiger partial charge on any atom is -0.497 e. The molecule has 0 aliphatic heterocycles. The first-order chi connectivity index (χ1) is 7.74. The SMILES string of the molecule is CCc1oc(N)nc1-c1cccc(OC)c1. The number of hydrogen-bond donors (Lipinski definition) is 1. The molecule has 4 heteroatoms. The van der Waals surface area contributed by atoms with E-state index in [2.05, 4.69) is 4.98 Å². The van der Waals surface area contributed by atoms with Crippen molar-refractivity contribution in [1.29, 1.82) is 0 Å². The second-order valence-corrected chi connectivity index (χ2v) is 3.41. The normalized spacial score (nSPS) is 10.4. The lowest BCUT2D eigenvalue weighted by Crippen LogP contribution is -1.87. The molecule has 0 saturated heterocycles. The van der Waals surface area contributed by atoms with Crippen molar-refractivity contribution in [2.45, 2.75) is 13.3 Å². The van der Waals surface area contributed by atoms with Gasteiger partial charge in [-0.1, -0.05) is 19.1 Å². The molecule has 1 heterocycles. The third-order valence-electron chi connectivity index (χ3n) is 2.38. The van der Waals surface area contributed by atoms with Gasteiger partial charge in [-0.2, -0.15) is 4.98 Å². The van der Waals surface area contributed by atoms with Crippen molar-refractivity contribution < 1.29 is 9.15 Å². The number of methoxy groups -OCH3 is 1. The quantitative estimate of drug-likeness (QED) is 0.859. The van der Waals surface area contributed by atoms with Crippen LogP contribution in [-0.4, -0.2) is 12.1 Å². The summed E-state index contributed by atoms with van der Waals surface area (Å²) >= 11 is 0. The van der Waals surface area contributed by atoms with Crippen molar-refractivity contribution in [3.63, 3.8) is 0 Å². The summed E-state index contributed by atoms with van der Waals surface area (Å²) in [6.45, 7) is 2.00. The Morgan fingerprint density at radius 2 is 2.25 bits per heavy atom. The van der Waals surface area contributed by atoms with Crippen LogP contribution in [0, 0.1) is 0 Å². The van der Waals surface area contributed by atoms with Crippen LogP contribution in [0.3, 0.4) is 0 Å². The Balaban J connectivity index is 2.48. The zero-order valence-electron chi connectivity index (χ0n) is 9.36. The van der Waals surface area contributed by atoms with Gasteiger partial charge in [-0.3, -0.25) is 0 Å². The van der Waals surface area contributed by atoms with E-state index >= 15 is 0 Å². The van der Waals surface area contributed by atoms with Gasteiger partial charge in [-0.25, -0.2) is 0 Å². The number of oxazole rings is 1. The topological polar surface area (TPSA) is 61.3 Å². The Morgan fingerprint density at radius 1 is 1.44 bits per heavy atom. The first-order valence-electron chi connectivity index (χ1n) is 5.14. The molecule has 1 aromatic carbocycles. The highest BCUT2D eigenvalue weighted by Crippen LogP contribution is 2.27. The highest BCUT2D eigenvalue weighted by atomic mass is 16.5. The lowest BCUT2D eigenvalue weighted by Gasteiger charge is -2.02. The lowest BCUT2D eigenvalue weighted by atomic mass is 10.1. The average Bonchev–Trinajstić information content (AvgIpc) is 2.70. The van der Waals surface area contributed by atoms with Gasteiger partial charge in [0.2, 0.25) is 0 Å². The molecular weight excluding hydrogens is 204 g/mol. The smallest absolute Gasteiger partial charge is 0.292 e. The molecule has 0 spiro atoms. The predicted molar refractivity (Wildman–Crippen MR) is 62.3 cm³/mol. The summed E-state index contributed by atoms with van der Waals surface area (Å²) in [6.07, 6.45) is 0.761. The number of hydrogen-bond acceptors (Lipinski definition) is 4. The number of nitrogen functional groups attached to an aromatic ring is 1. The fourth-order valence-corrected chi connectivity index (χ4v) is 1.61. The first-order valence-corrected chi connectivity index (χ1v) is 5.14. The van der Waals surface area contributed by atoms with E-state index in [4.69, 9.17) is 14.9 Å². The summed E-state index contributed by atoms with van der Waals surface area (Å²) in [5.74, 6) is 1.59. The van der Waals surface area contributed by atoms with Gasteiger partial charge in [0.05, 0.1) is 7.11 Å². The molecule has 4 nitrogen and oxygen atoms in total. The molecule has 2 rings (SSSR count). The van der Waals surface area contributed by atoms with E-state index in [1.807, 2.05) is 31.2 Å². The van der Waals surface area contributed by atoms with Gasteiger partial charge < -0.3 is 14.9 Å². The van der Waals surface area contributed by atoms with Crippen molar-refractivity contribution in [2.75, 3.05) is 12.8 Å². The maximum absolute atomic E-state index is 5.55. The number of nitrogens with two attached hydrogens (primary N) is 1. The molecule has 16 heavy (non-hydrogen) atoms. The van der Waals surface area contributed by atoms with Crippen LogP contribution in [0.1, 0.15) is 12.7 Å². The van der Waals surface area contributed by atoms with Gasteiger partial charge >= 0.3 is 0 Å². The number of anilines is 1. The highest BCUT2D eigenvalue weighted by molar-refractivity contribution is 5.64. The van der Waals surface area contributed by atoms with Gasteiger partial charge in [0, 0.05) is 12.0 Å².